The summed E-state index contributed by atoms with van der Waals surface area (Å²) >= 11 is 0. The van der Waals surface area contributed by atoms with Crippen LogP contribution in [0, 0.1) is 0 Å². The molecule has 0 amide bonds. The van der Waals surface area contributed by atoms with Gasteiger partial charge in [-0.1, -0.05) is 0 Å². The van der Waals surface area contributed by atoms with E-state index in [0.29, 0.717) is 6.21 Å². The third-order valence-corrected chi connectivity index (χ3v) is 0.823. The van der Waals surface area contributed by atoms with E-state index >= 15 is 0 Å². The maximum atomic E-state index is 9.84. The van der Waals surface area contributed by atoms with Crippen molar-refractivity contribution in [1.29, 1.82) is 0 Å². The van der Waals surface area contributed by atoms with Gasteiger partial charge < -0.3 is 5.53 Å². The molecule has 0 rings (SSSR count). The van der Waals surface area contributed by atoms with E-state index in [0.717, 1.165) is 0 Å². The predicted molar refractivity (Wildman–Crippen MR) is 25.0 cm³/mol. The van der Waals surface area contributed by atoms with Crippen molar-refractivity contribution in [3.8, 4) is 0 Å². The van der Waals surface area contributed by atoms with Crippen LogP contribution in [0.3, 0.4) is 0 Å². The molecule has 0 atom stereocenters. The topological polar surface area (TPSA) is 87.6 Å². The average Bonchev–Trinajstić information content (AvgIpc) is 1.67. The van der Waals surface area contributed by atoms with Gasteiger partial charge in [0.2, 0.25) is 10.7 Å². The molecule has 0 aromatic heterocycles. The zero-order valence-electron chi connectivity index (χ0n) is 3.64. The zero-order valence-corrected chi connectivity index (χ0v) is 4.54. The quantitative estimate of drug-likeness (QED) is 0.203. The Balaban J connectivity index is 4.28. The highest BCUT2D eigenvalue weighted by Crippen LogP contribution is 1.59. The summed E-state index contributed by atoms with van der Waals surface area (Å²) in [5.41, 5.74) is 7.57. The molecule has 0 spiro atoms. The van der Waals surface area contributed by atoms with Gasteiger partial charge in [-0.15, -0.1) is 0 Å². The molecule has 8 heavy (non-hydrogen) atoms. The number of nitrogens with zero attached hydrogens (tertiary/aromatic N) is 2. The van der Waals surface area contributed by atoms with Gasteiger partial charge in [-0.3, -0.25) is 4.79 Å². The zero-order chi connectivity index (χ0) is 6.57. The Labute approximate surface area is 46.5 Å². The first-order valence-corrected chi connectivity index (χ1v) is 2.72. The van der Waals surface area contributed by atoms with Crippen LogP contribution in [-0.2, 0) is 15.5 Å². The lowest BCUT2D eigenvalue weighted by Crippen LogP contribution is -2.00. The fraction of sp³-hybridized carbons (Fsp3) is 0. The molecule has 0 fully saturated rings. The largest absolute Gasteiger partial charge is 0.361 e. The molecule has 0 N–H and O–H groups in total. The van der Waals surface area contributed by atoms with Crippen LogP contribution in [0.4, 0.5) is 0 Å². The summed E-state index contributed by atoms with van der Waals surface area (Å²) in [7, 11) is -3.12. The SMILES string of the molecule is [N-]=[N+]=CC(=O)[SH](=O)=O. The summed E-state index contributed by atoms with van der Waals surface area (Å²) in [4.78, 5) is 12.0. The van der Waals surface area contributed by atoms with Gasteiger partial charge in [0, 0.05) is 0 Å². The Morgan fingerprint density at radius 2 is 2.12 bits per heavy atom. The molecule has 6 heteroatoms. The molecule has 5 nitrogen and oxygen atoms in total. The van der Waals surface area contributed by atoms with Gasteiger partial charge in [0.25, 0.3) is 0 Å². The Morgan fingerprint density at radius 1 is 1.62 bits per heavy atom. The van der Waals surface area contributed by atoms with E-state index in [1.165, 1.54) is 0 Å². The second-order valence-corrected chi connectivity index (χ2v) is 1.79. The van der Waals surface area contributed by atoms with Gasteiger partial charge in [-0.05, 0) is 0 Å². The van der Waals surface area contributed by atoms with Crippen molar-refractivity contribution >= 4 is 22.0 Å². The van der Waals surface area contributed by atoms with Crippen molar-refractivity contribution in [2.45, 2.75) is 0 Å². The first-order chi connectivity index (χ1) is 3.68. The maximum absolute atomic E-state index is 9.84. The fourth-order valence-corrected chi connectivity index (χ4v) is 0.242. The number of rotatable bonds is 1. The van der Waals surface area contributed by atoms with Crippen LogP contribution >= 0.6 is 0 Å². The minimum atomic E-state index is -3.12. The van der Waals surface area contributed by atoms with E-state index in [1.54, 1.807) is 0 Å². The minimum Gasteiger partial charge on any atom is -0.361 e. The molecule has 0 aliphatic rings. The smallest absolute Gasteiger partial charge is 0.347 e. The Morgan fingerprint density at radius 3 is 2.25 bits per heavy atom. The van der Waals surface area contributed by atoms with E-state index in [9.17, 15) is 13.2 Å². The van der Waals surface area contributed by atoms with Crippen LogP contribution in [0.1, 0.15) is 0 Å². The summed E-state index contributed by atoms with van der Waals surface area (Å²) in [5.74, 6) is 0. The van der Waals surface area contributed by atoms with Gasteiger partial charge in [0.05, 0.1) is 0 Å². The van der Waals surface area contributed by atoms with Crippen LogP contribution in [0.2, 0.25) is 0 Å². The third-order valence-electron chi connectivity index (χ3n) is 0.348. The lowest BCUT2D eigenvalue weighted by Gasteiger charge is -1.61. The molecule has 0 aliphatic carbocycles. The van der Waals surface area contributed by atoms with E-state index < -0.39 is 15.8 Å². The second kappa shape index (κ2) is 3.06. The molecule has 0 aliphatic heterocycles. The Hall–Kier alpha value is -1.00. The highest BCUT2D eigenvalue weighted by Gasteiger charge is 2.01. The van der Waals surface area contributed by atoms with E-state index in [-0.39, 0.29) is 0 Å². The molecule has 0 saturated carbocycles. The first kappa shape index (κ1) is 7.00. The minimum absolute atomic E-state index is 0.311. The van der Waals surface area contributed by atoms with Gasteiger partial charge >= 0.3 is 11.3 Å². The second-order valence-electron chi connectivity index (χ2n) is 0.840. The van der Waals surface area contributed by atoms with Gasteiger partial charge in [0.1, 0.15) is 0 Å². The third kappa shape index (κ3) is 2.22. The van der Waals surface area contributed by atoms with E-state index in [2.05, 4.69) is 4.79 Å². The standard InChI is InChI=1S/C2H2N2O3S/c3-4-1-2(5)8(6)7/h1,8H. The van der Waals surface area contributed by atoms with Crippen molar-refractivity contribution in [3.63, 3.8) is 0 Å². The Bertz CT molecular complexity index is 203. The molecule has 44 valence electrons. The molecule has 0 aromatic rings. The van der Waals surface area contributed by atoms with E-state index in [4.69, 9.17) is 5.53 Å². The van der Waals surface area contributed by atoms with Gasteiger partial charge in [-0.2, -0.15) is 4.79 Å². The van der Waals surface area contributed by atoms with Crippen molar-refractivity contribution in [3.05, 3.63) is 5.53 Å². The molecule has 0 saturated heterocycles. The van der Waals surface area contributed by atoms with Crippen LogP contribution in [0.5, 0.6) is 0 Å². The van der Waals surface area contributed by atoms with Gasteiger partial charge in [0.15, 0.2) is 0 Å². The number of carbonyl (C=O) groups excluding carboxylic acids is 1. The van der Waals surface area contributed by atoms with Crippen molar-refractivity contribution in [1.82, 2.24) is 0 Å². The van der Waals surface area contributed by atoms with Gasteiger partial charge in [-0.25, -0.2) is 8.42 Å². The molecule has 0 unspecified atom stereocenters. The number of carbonyl (C=O) groups is 1. The fourth-order valence-electron chi connectivity index (χ4n) is 0.0965. The molecular formula is C2H2N2O3S. The normalized spacial score (nSPS) is 8.12. The monoisotopic (exact) mass is 134 g/mol. The van der Waals surface area contributed by atoms with Crippen molar-refractivity contribution in [2.75, 3.05) is 0 Å². The van der Waals surface area contributed by atoms with Crippen molar-refractivity contribution < 1.29 is 18.0 Å². The average molecular weight is 134 g/mol. The van der Waals surface area contributed by atoms with Crippen molar-refractivity contribution in [2.24, 2.45) is 0 Å². The first-order valence-electron chi connectivity index (χ1n) is 1.54. The van der Waals surface area contributed by atoms with E-state index in [1.807, 2.05) is 0 Å². The lowest BCUT2D eigenvalue weighted by molar-refractivity contribution is -0.109. The lowest BCUT2D eigenvalue weighted by atomic mass is 10.9. The number of thiol groups is 1. The molecular weight excluding hydrogens is 132 g/mol. The number of hydrogen-bond acceptors (Lipinski definition) is 3. The summed E-state index contributed by atoms with van der Waals surface area (Å²) in [6, 6.07) is 0. The molecule has 0 heterocycles. The summed E-state index contributed by atoms with van der Waals surface area (Å²) in [6.45, 7) is 0. The highest BCUT2D eigenvalue weighted by molar-refractivity contribution is 7.91. The highest BCUT2D eigenvalue weighted by atomic mass is 32.2. The van der Waals surface area contributed by atoms with Crippen LogP contribution in [0.15, 0.2) is 0 Å². The molecule has 0 radical (unpaired) electrons. The summed E-state index contributed by atoms with van der Waals surface area (Å²) < 4.78 is 19.1. The summed E-state index contributed by atoms with van der Waals surface area (Å²) in [5, 5.41) is -1.21. The maximum Gasteiger partial charge on any atom is 0.347 e. The van der Waals surface area contributed by atoms with Crippen LogP contribution < -0.4 is 0 Å². The van der Waals surface area contributed by atoms with Crippen LogP contribution in [-0.4, -0.2) is 24.5 Å². The summed E-state index contributed by atoms with van der Waals surface area (Å²) in [6.07, 6.45) is 0.311. The predicted octanol–water partition coefficient (Wildman–Crippen LogP) is -1.57. The Kier molecular flexibility index (Phi) is 2.68. The number of hydrogen-bond donors (Lipinski definition) is 1. The van der Waals surface area contributed by atoms with Crippen LogP contribution in [0.25, 0.3) is 5.53 Å². The molecule has 0 bridgehead atoms. The molecule has 0 aromatic carbocycles.